The second kappa shape index (κ2) is 9.24. The van der Waals surface area contributed by atoms with E-state index in [0.717, 1.165) is 16.2 Å². The minimum absolute atomic E-state index is 0.0373. The van der Waals surface area contributed by atoms with Gasteiger partial charge in [-0.15, -0.1) is 11.3 Å². The first-order valence-corrected chi connectivity index (χ1v) is 13.2. The van der Waals surface area contributed by atoms with Crippen molar-refractivity contribution in [1.29, 1.82) is 0 Å². The van der Waals surface area contributed by atoms with E-state index in [4.69, 9.17) is 28.9 Å². The van der Waals surface area contributed by atoms with Gasteiger partial charge in [-0.3, -0.25) is 14.4 Å². The number of halogens is 2. The summed E-state index contributed by atoms with van der Waals surface area (Å²) in [6, 6.07) is 11.1. The van der Waals surface area contributed by atoms with Crippen LogP contribution in [0, 0.1) is 6.92 Å². The predicted octanol–water partition coefficient (Wildman–Crippen LogP) is 4.14. The van der Waals surface area contributed by atoms with Crippen LogP contribution in [-0.2, 0) is 25.8 Å². The standard InChI is InChI=1S/C23H18Cl2N2O5S2/c1-12-8-16-17(10-18(12)24)22(29)27(23(30)21(16)26)14-4-2-13(3-5-14)9-15(28)11-34(31,32)20-7-6-19(25)33-20/h2-8,10,21H,9,11,26H2,1H3. The minimum Gasteiger partial charge on any atom is -0.316 e. The van der Waals surface area contributed by atoms with Gasteiger partial charge in [0.15, 0.2) is 15.6 Å². The first-order valence-electron chi connectivity index (χ1n) is 10.0. The molecule has 0 aliphatic carbocycles. The molecule has 0 spiro atoms. The van der Waals surface area contributed by atoms with Gasteiger partial charge >= 0.3 is 0 Å². The summed E-state index contributed by atoms with van der Waals surface area (Å²) in [5.41, 5.74) is 8.31. The fourth-order valence-corrected chi connectivity index (χ4v) is 6.65. The predicted molar refractivity (Wildman–Crippen MR) is 131 cm³/mol. The number of thiophene rings is 1. The van der Waals surface area contributed by atoms with E-state index in [-0.39, 0.29) is 21.9 Å². The zero-order chi connectivity index (χ0) is 24.8. The molecule has 2 heterocycles. The van der Waals surface area contributed by atoms with Crippen LogP contribution in [0.15, 0.2) is 52.7 Å². The highest BCUT2D eigenvalue weighted by Gasteiger charge is 2.38. The molecular weight excluding hydrogens is 519 g/mol. The maximum atomic E-state index is 13.1. The van der Waals surface area contributed by atoms with Gasteiger partial charge in [-0.2, -0.15) is 0 Å². The summed E-state index contributed by atoms with van der Waals surface area (Å²) in [7, 11) is -3.78. The van der Waals surface area contributed by atoms with Crippen molar-refractivity contribution in [1.82, 2.24) is 0 Å². The molecular formula is C23H18Cl2N2O5S2. The number of nitrogens with zero attached hydrogens (tertiary/aromatic N) is 1. The van der Waals surface area contributed by atoms with E-state index in [2.05, 4.69) is 0 Å². The summed E-state index contributed by atoms with van der Waals surface area (Å²) in [5, 5.41) is 0.391. The number of anilines is 1. The summed E-state index contributed by atoms with van der Waals surface area (Å²) in [5.74, 6) is -2.28. The van der Waals surface area contributed by atoms with Crippen molar-refractivity contribution in [2.75, 3.05) is 10.7 Å². The number of imide groups is 1. The number of carbonyl (C=O) groups excluding carboxylic acids is 3. The quantitative estimate of drug-likeness (QED) is 0.473. The number of amides is 2. The Bertz CT molecular complexity index is 1430. The van der Waals surface area contributed by atoms with Gasteiger partial charge in [0.1, 0.15) is 16.0 Å². The number of sulfone groups is 1. The average Bonchev–Trinajstić information content (AvgIpc) is 3.22. The third-order valence-electron chi connectivity index (χ3n) is 5.39. The molecule has 1 aliphatic rings. The molecule has 2 N–H and O–H groups in total. The Labute approximate surface area is 210 Å². The monoisotopic (exact) mass is 536 g/mol. The number of fused-ring (bicyclic) bond motifs is 1. The number of carbonyl (C=O) groups is 3. The number of benzene rings is 2. The van der Waals surface area contributed by atoms with Crippen LogP contribution in [0.1, 0.15) is 33.1 Å². The lowest BCUT2D eigenvalue weighted by Gasteiger charge is -2.31. The number of ketones is 1. The molecule has 1 unspecified atom stereocenters. The Morgan fingerprint density at radius 2 is 1.76 bits per heavy atom. The highest BCUT2D eigenvalue weighted by Crippen LogP contribution is 2.33. The van der Waals surface area contributed by atoms with Crippen LogP contribution in [0.5, 0.6) is 0 Å². The SMILES string of the molecule is Cc1cc2c(cc1Cl)C(=O)N(c1ccc(CC(=O)CS(=O)(=O)c3ccc(Cl)s3)cc1)C(=O)C2N. The van der Waals surface area contributed by atoms with Gasteiger partial charge in [-0.1, -0.05) is 41.4 Å². The number of nitrogens with two attached hydrogens (primary N) is 1. The summed E-state index contributed by atoms with van der Waals surface area (Å²) >= 11 is 12.8. The lowest BCUT2D eigenvalue weighted by Crippen LogP contribution is -2.47. The van der Waals surface area contributed by atoms with Gasteiger partial charge in [0.25, 0.3) is 11.8 Å². The van der Waals surface area contributed by atoms with Crippen LogP contribution < -0.4 is 10.6 Å². The molecule has 2 amide bonds. The normalized spacial score (nSPS) is 16.0. The molecule has 0 saturated heterocycles. The molecule has 0 radical (unpaired) electrons. The fraction of sp³-hybridized carbons (Fsp3) is 0.174. The highest BCUT2D eigenvalue weighted by atomic mass is 35.5. The van der Waals surface area contributed by atoms with Crippen LogP contribution in [0.25, 0.3) is 0 Å². The van der Waals surface area contributed by atoms with E-state index in [0.29, 0.717) is 26.0 Å². The van der Waals surface area contributed by atoms with Crippen molar-refractivity contribution >= 4 is 67.7 Å². The minimum atomic E-state index is -3.78. The van der Waals surface area contributed by atoms with Crippen molar-refractivity contribution in [3.8, 4) is 0 Å². The molecule has 7 nitrogen and oxygen atoms in total. The van der Waals surface area contributed by atoms with E-state index < -0.39 is 39.2 Å². The molecule has 0 bridgehead atoms. The van der Waals surface area contributed by atoms with Gasteiger partial charge in [0, 0.05) is 17.0 Å². The first-order chi connectivity index (χ1) is 16.0. The van der Waals surface area contributed by atoms with Gasteiger partial charge in [-0.25, -0.2) is 13.3 Å². The van der Waals surface area contributed by atoms with E-state index in [1.54, 1.807) is 25.1 Å². The Kier molecular flexibility index (Phi) is 6.67. The summed E-state index contributed by atoms with van der Waals surface area (Å²) in [4.78, 5) is 39.3. The molecule has 11 heteroatoms. The van der Waals surface area contributed by atoms with Crippen LogP contribution in [0.4, 0.5) is 5.69 Å². The molecule has 1 atom stereocenters. The third kappa shape index (κ3) is 4.67. The Morgan fingerprint density at radius 1 is 1.09 bits per heavy atom. The summed E-state index contributed by atoms with van der Waals surface area (Å²) < 4.78 is 25.1. The van der Waals surface area contributed by atoms with Crippen LogP contribution in [0.3, 0.4) is 0 Å². The molecule has 0 saturated carbocycles. The Hall–Kier alpha value is -2.56. The molecule has 176 valence electrons. The summed E-state index contributed by atoms with van der Waals surface area (Å²) in [6.07, 6.45) is -0.127. The molecule has 4 rings (SSSR count). The number of hydrogen-bond acceptors (Lipinski definition) is 7. The van der Waals surface area contributed by atoms with Crippen molar-refractivity contribution < 1.29 is 22.8 Å². The van der Waals surface area contributed by atoms with E-state index in [1.165, 1.54) is 30.3 Å². The van der Waals surface area contributed by atoms with Crippen molar-refractivity contribution in [3.63, 3.8) is 0 Å². The number of Topliss-reactive ketones (excluding diaryl/α,β-unsaturated/α-hetero) is 1. The van der Waals surface area contributed by atoms with Gasteiger partial charge in [-0.05, 0) is 53.9 Å². The van der Waals surface area contributed by atoms with Crippen molar-refractivity contribution in [3.05, 3.63) is 80.1 Å². The van der Waals surface area contributed by atoms with Gasteiger partial charge in [0.05, 0.1) is 10.0 Å². The maximum Gasteiger partial charge on any atom is 0.265 e. The van der Waals surface area contributed by atoms with Crippen molar-refractivity contribution in [2.24, 2.45) is 5.73 Å². The molecule has 1 aromatic heterocycles. The van der Waals surface area contributed by atoms with Crippen LogP contribution in [0.2, 0.25) is 9.36 Å². The average molecular weight is 537 g/mol. The highest BCUT2D eigenvalue weighted by molar-refractivity contribution is 7.94. The summed E-state index contributed by atoms with van der Waals surface area (Å²) in [6.45, 7) is 1.76. The number of rotatable bonds is 6. The lowest BCUT2D eigenvalue weighted by atomic mass is 9.92. The Morgan fingerprint density at radius 3 is 2.38 bits per heavy atom. The zero-order valence-electron chi connectivity index (χ0n) is 17.7. The second-order valence-electron chi connectivity index (χ2n) is 7.84. The van der Waals surface area contributed by atoms with Crippen molar-refractivity contribution in [2.45, 2.75) is 23.6 Å². The van der Waals surface area contributed by atoms with Gasteiger partial charge < -0.3 is 5.73 Å². The fourth-order valence-electron chi connectivity index (χ4n) is 3.67. The largest absolute Gasteiger partial charge is 0.316 e. The van der Waals surface area contributed by atoms with E-state index >= 15 is 0 Å². The lowest BCUT2D eigenvalue weighted by molar-refractivity contribution is -0.119. The molecule has 34 heavy (non-hydrogen) atoms. The third-order valence-corrected chi connectivity index (χ3v) is 9.28. The molecule has 0 fully saturated rings. The molecule has 2 aromatic carbocycles. The molecule has 3 aromatic rings. The topological polar surface area (TPSA) is 115 Å². The van der Waals surface area contributed by atoms with Crippen LogP contribution >= 0.6 is 34.5 Å². The van der Waals surface area contributed by atoms with Crippen LogP contribution in [-0.4, -0.2) is 31.8 Å². The number of hydrogen-bond donors (Lipinski definition) is 1. The van der Waals surface area contributed by atoms with E-state index in [1.807, 2.05) is 0 Å². The maximum absolute atomic E-state index is 13.1. The zero-order valence-corrected chi connectivity index (χ0v) is 20.9. The Balaban J connectivity index is 1.52. The van der Waals surface area contributed by atoms with E-state index in [9.17, 15) is 22.8 Å². The second-order valence-corrected chi connectivity index (χ2v) is 12.2. The van der Waals surface area contributed by atoms with Gasteiger partial charge in [0.2, 0.25) is 0 Å². The molecule has 1 aliphatic heterocycles. The number of aryl methyl sites for hydroxylation is 1. The smallest absolute Gasteiger partial charge is 0.265 e. The first kappa shape index (κ1) is 24.6.